The van der Waals surface area contributed by atoms with Gasteiger partial charge >= 0.3 is 0 Å². The molecular weight excluding hydrogens is 710 g/mol. The van der Waals surface area contributed by atoms with Crippen molar-refractivity contribution >= 4 is 53.0 Å². The molecule has 1 aromatic carbocycles. The number of hydrogen-bond acceptors (Lipinski definition) is 16. The molecule has 0 unspecified atom stereocenters. The van der Waals surface area contributed by atoms with Crippen LogP contribution in [0.2, 0.25) is 0 Å². The normalized spacial score (nSPS) is 14.3. The SMILES string of the molecule is COc1nc(N2CCN(CCOCCOCCOCCN3C(=O)c4ccccc4C3=O)CC2)nc(OC)c1Sc1nc(NC(C)=O)cc(NC(C)=O)n1. The highest BCUT2D eigenvalue weighted by atomic mass is 32.2. The van der Waals surface area contributed by atoms with E-state index in [4.69, 9.17) is 23.7 Å². The van der Waals surface area contributed by atoms with Crippen LogP contribution in [0, 0.1) is 0 Å². The molecule has 0 atom stereocenters. The van der Waals surface area contributed by atoms with E-state index in [1.807, 2.05) is 0 Å². The van der Waals surface area contributed by atoms with E-state index < -0.39 is 0 Å². The molecule has 0 saturated carbocycles. The van der Waals surface area contributed by atoms with Gasteiger partial charge in [-0.25, -0.2) is 9.97 Å². The van der Waals surface area contributed by atoms with Crippen LogP contribution in [0.25, 0.3) is 0 Å². The van der Waals surface area contributed by atoms with Crippen molar-refractivity contribution in [2.75, 3.05) is 109 Å². The minimum Gasteiger partial charge on any atom is -0.480 e. The molecule has 2 N–H and O–H groups in total. The number of rotatable bonds is 19. The average molecular weight is 754 g/mol. The number of aromatic nitrogens is 4. The molecule has 0 radical (unpaired) electrons. The van der Waals surface area contributed by atoms with E-state index in [1.165, 1.54) is 39.0 Å². The van der Waals surface area contributed by atoms with Crippen molar-refractivity contribution in [3.05, 3.63) is 41.5 Å². The van der Waals surface area contributed by atoms with Gasteiger partial charge in [0.2, 0.25) is 29.5 Å². The summed E-state index contributed by atoms with van der Waals surface area (Å²) >= 11 is 1.07. The Labute approximate surface area is 310 Å². The predicted molar refractivity (Wildman–Crippen MR) is 193 cm³/mol. The third kappa shape index (κ3) is 10.8. The van der Waals surface area contributed by atoms with Crippen LogP contribution in [0.1, 0.15) is 34.6 Å². The average Bonchev–Trinajstić information content (AvgIpc) is 3.38. The summed E-state index contributed by atoms with van der Waals surface area (Å²) in [6.45, 7) is 8.97. The molecule has 284 valence electrons. The van der Waals surface area contributed by atoms with Crippen molar-refractivity contribution in [3.8, 4) is 11.8 Å². The lowest BCUT2D eigenvalue weighted by Gasteiger charge is -2.34. The number of carbonyl (C=O) groups is 4. The number of nitrogens with one attached hydrogen (secondary N) is 2. The lowest BCUT2D eigenvalue weighted by Crippen LogP contribution is -2.48. The van der Waals surface area contributed by atoms with E-state index in [0.29, 0.717) is 68.1 Å². The van der Waals surface area contributed by atoms with Crippen molar-refractivity contribution in [2.45, 2.75) is 23.9 Å². The van der Waals surface area contributed by atoms with Crippen molar-refractivity contribution in [3.63, 3.8) is 0 Å². The Hall–Kier alpha value is -4.95. The Morgan fingerprint density at radius 2 is 1.21 bits per heavy atom. The van der Waals surface area contributed by atoms with E-state index in [2.05, 4.69) is 40.4 Å². The van der Waals surface area contributed by atoms with Gasteiger partial charge in [-0.1, -0.05) is 12.1 Å². The first-order chi connectivity index (χ1) is 25.7. The maximum Gasteiger partial charge on any atom is 0.261 e. The topological polar surface area (TPSA) is 200 Å². The molecule has 2 aromatic heterocycles. The van der Waals surface area contributed by atoms with Crippen LogP contribution in [-0.4, -0.2) is 146 Å². The number of piperazine rings is 1. The summed E-state index contributed by atoms with van der Waals surface area (Å²) in [5.74, 6) is 0.170. The maximum absolute atomic E-state index is 12.4. The number of benzene rings is 1. The van der Waals surface area contributed by atoms with Crippen molar-refractivity contribution in [2.24, 2.45) is 0 Å². The van der Waals surface area contributed by atoms with E-state index in [0.717, 1.165) is 31.4 Å². The Bertz CT molecular complexity index is 1680. The number of ether oxygens (including phenoxy) is 5. The lowest BCUT2D eigenvalue weighted by atomic mass is 10.1. The second-order valence-electron chi connectivity index (χ2n) is 11.7. The van der Waals surface area contributed by atoms with Crippen LogP contribution >= 0.6 is 11.8 Å². The summed E-state index contributed by atoms with van der Waals surface area (Å²) in [4.78, 5) is 72.1. The Morgan fingerprint density at radius 1 is 0.717 bits per heavy atom. The summed E-state index contributed by atoms with van der Waals surface area (Å²) in [6, 6.07) is 8.25. The van der Waals surface area contributed by atoms with E-state index in [9.17, 15) is 19.2 Å². The maximum atomic E-state index is 12.4. The molecule has 1 saturated heterocycles. The lowest BCUT2D eigenvalue weighted by molar-refractivity contribution is -0.115. The Balaban J connectivity index is 0.995. The smallest absolute Gasteiger partial charge is 0.261 e. The highest BCUT2D eigenvalue weighted by Gasteiger charge is 2.34. The summed E-state index contributed by atoms with van der Waals surface area (Å²) in [5, 5.41) is 5.42. The molecule has 0 spiro atoms. The van der Waals surface area contributed by atoms with Crippen LogP contribution in [0.3, 0.4) is 0 Å². The summed E-state index contributed by atoms with van der Waals surface area (Å²) in [5.41, 5.74) is 0.862. The zero-order valence-corrected chi connectivity index (χ0v) is 30.9. The molecule has 18 nitrogen and oxygen atoms in total. The molecule has 4 heterocycles. The summed E-state index contributed by atoms with van der Waals surface area (Å²) in [6.07, 6.45) is 0. The number of amides is 4. The van der Waals surface area contributed by atoms with Crippen LogP contribution in [0.15, 0.2) is 40.4 Å². The molecule has 19 heteroatoms. The van der Waals surface area contributed by atoms with Crippen molar-refractivity contribution in [1.82, 2.24) is 29.7 Å². The van der Waals surface area contributed by atoms with Gasteiger partial charge in [0.15, 0.2) is 5.16 Å². The van der Waals surface area contributed by atoms with Crippen LogP contribution in [-0.2, 0) is 23.8 Å². The Kier molecular flexibility index (Phi) is 14.2. The number of nitrogens with zero attached hydrogens (tertiary/aromatic N) is 7. The largest absolute Gasteiger partial charge is 0.480 e. The number of carbonyl (C=O) groups excluding carboxylic acids is 4. The molecular formula is C34H43N9O9S. The minimum atomic E-state index is -0.327. The zero-order chi connectivity index (χ0) is 37.7. The summed E-state index contributed by atoms with van der Waals surface area (Å²) < 4.78 is 28.1. The van der Waals surface area contributed by atoms with Crippen molar-refractivity contribution in [1.29, 1.82) is 0 Å². The fourth-order valence-corrected chi connectivity index (χ4v) is 6.36. The molecule has 0 bridgehead atoms. The number of fused-ring (bicyclic) bond motifs is 1. The van der Waals surface area contributed by atoms with Gasteiger partial charge in [0.05, 0.1) is 71.5 Å². The quantitative estimate of drug-likeness (QED) is 0.102. The first-order valence-corrected chi connectivity index (χ1v) is 17.8. The first kappa shape index (κ1) is 39.3. The van der Waals surface area contributed by atoms with Gasteiger partial charge in [0, 0.05) is 52.6 Å². The van der Waals surface area contributed by atoms with E-state index in [1.54, 1.807) is 24.3 Å². The fraction of sp³-hybridized carbons (Fsp3) is 0.471. The molecule has 0 aliphatic carbocycles. The first-order valence-electron chi connectivity index (χ1n) is 16.9. The highest BCUT2D eigenvalue weighted by Crippen LogP contribution is 2.40. The molecule has 4 amide bonds. The highest BCUT2D eigenvalue weighted by molar-refractivity contribution is 7.99. The number of methoxy groups -OCH3 is 2. The molecule has 2 aliphatic rings. The zero-order valence-electron chi connectivity index (χ0n) is 30.1. The van der Waals surface area contributed by atoms with Crippen LogP contribution in [0.5, 0.6) is 11.8 Å². The third-order valence-corrected chi connectivity index (χ3v) is 8.89. The van der Waals surface area contributed by atoms with Crippen LogP contribution < -0.4 is 25.0 Å². The van der Waals surface area contributed by atoms with Gasteiger partial charge in [-0.2, -0.15) is 9.97 Å². The van der Waals surface area contributed by atoms with Crippen LogP contribution in [0.4, 0.5) is 17.6 Å². The van der Waals surface area contributed by atoms with E-state index in [-0.39, 0.29) is 65.3 Å². The standard InChI is InChI=1S/C34H43N9O9S/c1-22(44)35-26-21-27(36-23(2)45)38-34(37-26)53-28-29(48-3)39-33(40-30(28)49-4)42-11-9-41(10-12-42)13-15-50-17-19-52-20-18-51-16-14-43-31(46)24-7-5-6-8-25(24)32(43)47/h5-8,21H,9-20H2,1-4H3,(H2,35,36,37,38,44,45). The van der Waals surface area contributed by atoms with Gasteiger partial charge in [-0.05, 0) is 23.9 Å². The fourth-order valence-electron chi connectivity index (χ4n) is 5.46. The number of anilines is 3. The minimum absolute atomic E-state index is 0.197. The third-order valence-electron chi connectivity index (χ3n) is 7.97. The molecule has 2 aliphatic heterocycles. The summed E-state index contributed by atoms with van der Waals surface area (Å²) in [7, 11) is 2.99. The molecule has 3 aromatic rings. The van der Waals surface area contributed by atoms with Gasteiger partial charge in [0.25, 0.3) is 11.8 Å². The molecule has 53 heavy (non-hydrogen) atoms. The predicted octanol–water partition coefficient (Wildman–Crippen LogP) is 1.82. The van der Waals surface area contributed by atoms with Gasteiger partial charge in [0.1, 0.15) is 16.5 Å². The van der Waals surface area contributed by atoms with Crippen molar-refractivity contribution < 1.29 is 42.9 Å². The Morgan fingerprint density at radius 3 is 1.70 bits per heavy atom. The van der Waals surface area contributed by atoms with Gasteiger partial charge < -0.3 is 39.2 Å². The number of hydrogen-bond donors (Lipinski definition) is 2. The van der Waals surface area contributed by atoms with Gasteiger partial charge in [-0.3, -0.25) is 29.0 Å². The monoisotopic (exact) mass is 753 g/mol. The van der Waals surface area contributed by atoms with E-state index >= 15 is 0 Å². The number of imide groups is 1. The molecule has 5 rings (SSSR count). The van der Waals surface area contributed by atoms with Gasteiger partial charge in [-0.15, -0.1) is 0 Å². The second-order valence-corrected chi connectivity index (χ2v) is 12.7. The molecule has 1 fully saturated rings. The second kappa shape index (κ2) is 19.2.